The number of aromatic nitrogens is 3. The molecule has 186 valence electrons. The molecule has 2 aromatic heterocycles. The van der Waals surface area contributed by atoms with E-state index in [2.05, 4.69) is 60.6 Å². The summed E-state index contributed by atoms with van der Waals surface area (Å²) in [5.74, 6) is 2.72. The van der Waals surface area contributed by atoms with Gasteiger partial charge in [-0.05, 0) is 96.7 Å². The molecule has 0 aromatic carbocycles. The maximum Gasteiger partial charge on any atom is 0.227 e. The van der Waals surface area contributed by atoms with Gasteiger partial charge in [0.05, 0.1) is 10.6 Å². The summed E-state index contributed by atoms with van der Waals surface area (Å²) in [6.45, 7) is 11.9. The Balaban J connectivity index is 1.26. The van der Waals surface area contributed by atoms with Gasteiger partial charge < -0.3 is 5.32 Å². The second-order valence-corrected chi connectivity index (χ2v) is 13.6. The Morgan fingerprint density at radius 2 is 1.89 bits per heavy atom. The number of nitrogens with zero attached hydrogens (tertiary/aromatic N) is 3. The molecule has 7 atom stereocenters. The summed E-state index contributed by atoms with van der Waals surface area (Å²) >= 11 is 1.61. The lowest BCUT2D eigenvalue weighted by molar-refractivity contribution is -0.124. The number of anilines is 1. The van der Waals surface area contributed by atoms with Gasteiger partial charge in [-0.2, -0.15) is 0 Å². The van der Waals surface area contributed by atoms with Crippen LogP contribution in [0.5, 0.6) is 0 Å². The van der Waals surface area contributed by atoms with Crippen LogP contribution >= 0.6 is 11.5 Å². The normalized spacial score (nSPS) is 37.8. The van der Waals surface area contributed by atoms with Crippen LogP contribution in [0.4, 0.5) is 5.69 Å². The fourth-order valence-electron chi connectivity index (χ4n) is 9.29. The van der Waals surface area contributed by atoms with Crippen molar-refractivity contribution < 1.29 is 4.79 Å². The molecule has 0 saturated heterocycles. The van der Waals surface area contributed by atoms with E-state index < -0.39 is 0 Å². The molecule has 6 heteroatoms. The molecule has 0 radical (unpaired) electrons. The minimum absolute atomic E-state index is 0.0134. The molecule has 5 nitrogen and oxygen atoms in total. The molecule has 0 spiro atoms. The minimum Gasteiger partial charge on any atom is -0.326 e. The topological polar surface area (TPSA) is 67.8 Å². The van der Waals surface area contributed by atoms with Gasteiger partial charge in [0, 0.05) is 29.4 Å². The van der Waals surface area contributed by atoms with E-state index in [0.717, 1.165) is 18.5 Å². The van der Waals surface area contributed by atoms with Crippen LogP contribution in [0, 0.1) is 40.4 Å². The van der Waals surface area contributed by atoms with E-state index in [9.17, 15) is 4.79 Å². The standard InChI is InChI=1S/C29H38N4OS/c1-17(26(34)31-18-11-14-30-15-12-18)20-7-8-21-19-6-9-24-27(2,3)25-23(35-33-32-25)16-29(24,5)22(19)10-13-28(20,21)4/h9,11-12,14-15,17,19-22H,6-8,10,13,16H2,1-5H3,(H,30,31,34)/t17-,19-,20+,21-,22-,28+,29+/m0/s1. The lowest BCUT2D eigenvalue weighted by Gasteiger charge is -2.59. The van der Waals surface area contributed by atoms with Crippen molar-refractivity contribution in [1.82, 2.24) is 14.6 Å². The molecule has 2 aromatic rings. The number of hydrogen-bond donors (Lipinski definition) is 1. The van der Waals surface area contributed by atoms with Gasteiger partial charge in [0.2, 0.25) is 5.91 Å². The van der Waals surface area contributed by atoms with E-state index in [1.54, 1.807) is 29.5 Å². The lowest BCUT2D eigenvalue weighted by atomic mass is 9.45. The third-order valence-corrected chi connectivity index (χ3v) is 11.6. The van der Waals surface area contributed by atoms with Crippen molar-refractivity contribution in [3.8, 4) is 0 Å². The summed E-state index contributed by atoms with van der Waals surface area (Å²) in [4.78, 5) is 18.7. The first-order valence-corrected chi connectivity index (χ1v) is 14.2. The largest absolute Gasteiger partial charge is 0.326 e. The van der Waals surface area contributed by atoms with Crippen LogP contribution < -0.4 is 5.32 Å². The highest BCUT2D eigenvalue weighted by Gasteiger charge is 2.61. The van der Waals surface area contributed by atoms with Crippen molar-refractivity contribution in [2.45, 2.75) is 78.6 Å². The van der Waals surface area contributed by atoms with E-state index in [-0.39, 0.29) is 28.1 Å². The maximum absolute atomic E-state index is 13.2. The highest BCUT2D eigenvalue weighted by Crippen LogP contribution is 2.68. The molecule has 0 unspecified atom stereocenters. The van der Waals surface area contributed by atoms with Crippen LogP contribution in [0.1, 0.15) is 77.3 Å². The Morgan fingerprint density at radius 3 is 2.66 bits per heavy atom. The predicted molar refractivity (Wildman–Crippen MR) is 140 cm³/mol. The van der Waals surface area contributed by atoms with Crippen LogP contribution in [0.25, 0.3) is 0 Å². The SMILES string of the molecule is C[C@H](C(=O)Nc1ccncc1)[C@H]1CC[C@H]2[C@@H]3CC=C4C(C)(C)c5nnsc5C[C@]4(C)[C@H]3CC[C@]12C. The maximum atomic E-state index is 13.2. The van der Waals surface area contributed by atoms with E-state index >= 15 is 0 Å². The average Bonchev–Trinajstić information content (AvgIpc) is 3.43. The molecule has 4 aliphatic rings. The highest BCUT2D eigenvalue weighted by atomic mass is 32.1. The number of rotatable bonds is 3. The zero-order chi connectivity index (χ0) is 24.6. The highest BCUT2D eigenvalue weighted by molar-refractivity contribution is 7.05. The number of pyridine rings is 1. The molecular weight excluding hydrogens is 452 g/mol. The first-order chi connectivity index (χ1) is 16.7. The third kappa shape index (κ3) is 3.31. The van der Waals surface area contributed by atoms with Crippen molar-refractivity contribution >= 4 is 23.1 Å². The summed E-state index contributed by atoms with van der Waals surface area (Å²) in [6.07, 6.45) is 13.2. The number of fused-ring (bicyclic) bond motifs is 6. The number of hydrogen-bond acceptors (Lipinski definition) is 5. The van der Waals surface area contributed by atoms with E-state index in [1.165, 1.54) is 36.3 Å². The fourth-order valence-corrected chi connectivity index (χ4v) is 10.3. The number of carbonyl (C=O) groups excluding carboxylic acids is 1. The van der Waals surface area contributed by atoms with Crippen molar-refractivity contribution in [3.05, 3.63) is 46.7 Å². The number of allylic oxidation sites excluding steroid dienone is 2. The Kier molecular flexibility index (Phi) is 5.30. The summed E-state index contributed by atoms with van der Waals surface area (Å²) in [5, 5.41) is 7.71. The van der Waals surface area contributed by atoms with Gasteiger partial charge in [0.15, 0.2) is 0 Å². The second-order valence-electron chi connectivity index (χ2n) is 12.7. The van der Waals surface area contributed by atoms with Crippen molar-refractivity contribution in [2.24, 2.45) is 40.4 Å². The van der Waals surface area contributed by atoms with E-state index in [1.807, 2.05) is 12.1 Å². The van der Waals surface area contributed by atoms with E-state index in [0.29, 0.717) is 23.7 Å². The molecule has 4 aliphatic carbocycles. The molecule has 2 fully saturated rings. The van der Waals surface area contributed by atoms with Gasteiger partial charge >= 0.3 is 0 Å². The number of nitrogens with one attached hydrogen (secondary N) is 1. The molecule has 0 bridgehead atoms. The summed E-state index contributed by atoms with van der Waals surface area (Å²) in [5.41, 5.74) is 4.06. The van der Waals surface area contributed by atoms with Gasteiger partial charge in [-0.25, -0.2) is 0 Å². The van der Waals surface area contributed by atoms with Gasteiger partial charge in [-0.3, -0.25) is 9.78 Å². The van der Waals surface area contributed by atoms with Crippen molar-refractivity contribution in [3.63, 3.8) is 0 Å². The van der Waals surface area contributed by atoms with Gasteiger partial charge in [-0.15, -0.1) is 5.10 Å². The zero-order valence-corrected chi connectivity index (χ0v) is 22.5. The molecule has 1 amide bonds. The first-order valence-electron chi connectivity index (χ1n) is 13.4. The Morgan fingerprint density at radius 1 is 1.11 bits per heavy atom. The van der Waals surface area contributed by atoms with Gasteiger partial charge in [0.25, 0.3) is 0 Å². The summed E-state index contributed by atoms with van der Waals surface area (Å²) in [6, 6.07) is 3.74. The average molecular weight is 491 g/mol. The third-order valence-electron chi connectivity index (χ3n) is 10.9. The molecule has 0 aliphatic heterocycles. The monoisotopic (exact) mass is 490 g/mol. The lowest BCUT2D eigenvalue weighted by Crippen LogP contribution is -2.54. The quantitative estimate of drug-likeness (QED) is 0.503. The van der Waals surface area contributed by atoms with Crippen LogP contribution in [-0.2, 0) is 16.6 Å². The molecule has 35 heavy (non-hydrogen) atoms. The molecule has 2 heterocycles. The molecular formula is C29H38N4OS. The van der Waals surface area contributed by atoms with Crippen LogP contribution in [-0.4, -0.2) is 20.5 Å². The van der Waals surface area contributed by atoms with Gasteiger partial charge in [-0.1, -0.05) is 50.8 Å². The van der Waals surface area contributed by atoms with Crippen LogP contribution in [0.3, 0.4) is 0 Å². The second kappa shape index (κ2) is 7.96. The Bertz CT molecular complexity index is 1170. The van der Waals surface area contributed by atoms with Crippen LogP contribution in [0.15, 0.2) is 36.2 Å². The molecule has 6 rings (SSSR count). The predicted octanol–water partition coefficient (Wildman–Crippen LogP) is 6.44. The summed E-state index contributed by atoms with van der Waals surface area (Å²) in [7, 11) is 0. The Hall–Kier alpha value is -2.08. The smallest absolute Gasteiger partial charge is 0.227 e. The van der Waals surface area contributed by atoms with Gasteiger partial charge in [0.1, 0.15) is 0 Å². The fraction of sp³-hybridized carbons (Fsp3) is 0.655. The van der Waals surface area contributed by atoms with Crippen molar-refractivity contribution in [1.29, 1.82) is 0 Å². The summed E-state index contributed by atoms with van der Waals surface area (Å²) < 4.78 is 4.36. The zero-order valence-electron chi connectivity index (χ0n) is 21.7. The van der Waals surface area contributed by atoms with Crippen LogP contribution in [0.2, 0.25) is 0 Å². The van der Waals surface area contributed by atoms with E-state index in [4.69, 9.17) is 0 Å². The minimum atomic E-state index is -0.0289. The number of amides is 1. The molecule has 1 N–H and O–H groups in total. The Labute approximate surface area is 213 Å². The molecule has 2 saturated carbocycles. The number of carbonyl (C=O) groups is 1. The van der Waals surface area contributed by atoms with Crippen molar-refractivity contribution in [2.75, 3.05) is 5.32 Å². The first kappa shape index (κ1) is 23.3.